The van der Waals surface area contributed by atoms with Crippen LogP contribution in [0.5, 0.6) is 0 Å². The van der Waals surface area contributed by atoms with Gasteiger partial charge in [0.05, 0.1) is 12.6 Å². The van der Waals surface area contributed by atoms with Gasteiger partial charge < -0.3 is 26.6 Å². The maximum Gasteiger partial charge on any atom is 0.326 e. The molecule has 6 N–H and O–H groups in total. The largest absolute Gasteiger partial charge is 0.481 e. The number of hydrogen-bond acceptors (Lipinski definition) is 5. The lowest BCUT2D eigenvalue weighted by atomic mass is 9.99. The normalized spacial score (nSPS) is 14.5. The maximum absolute atomic E-state index is 11.6. The molecule has 0 saturated carbocycles. The number of nitrogens with two attached hydrogens (primary N) is 1. The first-order chi connectivity index (χ1) is 10.2. The van der Waals surface area contributed by atoms with Crippen molar-refractivity contribution in [3.63, 3.8) is 0 Å². The molecule has 0 rings (SSSR count). The molecule has 3 unspecified atom stereocenters. The Hall–Kier alpha value is -2.16. The molecule has 3 atom stereocenters. The van der Waals surface area contributed by atoms with Gasteiger partial charge in [0.25, 0.3) is 0 Å². The van der Waals surface area contributed by atoms with Gasteiger partial charge in [-0.3, -0.25) is 14.4 Å². The van der Waals surface area contributed by atoms with E-state index in [0.717, 1.165) is 0 Å². The molecule has 0 heterocycles. The van der Waals surface area contributed by atoms with Crippen molar-refractivity contribution < 1.29 is 29.4 Å². The van der Waals surface area contributed by atoms with E-state index in [2.05, 4.69) is 10.6 Å². The second-order valence-electron chi connectivity index (χ2n) is 5.03. The minimum atomic E-state index is -1.15. The Labute approximate surface area is 128 Å². The van der Waals surface area contributed by atoms with Gasteiger partial charge in [0.2, 0.25) is 11.8 Å². The van der Waals surface area contributed by atoms with Crippen molar-refractivity contribution in [1.82, 2.24) is 10.6 Å². The zero-order valence-electron chi connectivity index (χ0n) is 12.7. The molecular weight excluding hydrogens is 294 g/mol. The molecule has 22 heavy (non-hydrogen) atoms. The summed E-state index contributed by atoms with van der Waals surface area (Å²) in [6.07, 6.45) is 0.271. The van der Waals surface area contributed by atoms with Crippen molar-refractivity contribution in [3.05, 3.63) is 0 Å². The van der Waals surface area contributed by atoms with Crippen LogP contribution in [0.15, 0.2) is 0 Å². The van der Waals surface area contributed by atoms with E-state index in [1.54, 1.807) is 13.8 Å². The number of nitrogens with one attached hydrogen (secondary N) is 2. The summed E-state index contributed by atoms with van der Waals surface area (Å²) in [6, 6.07) is -2.07. The van der Waals surface area contributed by atoms with E-state index in [-0.39, 0.29) is 18.8 Å². The number of amides is 2. The van der Waals surface area contributed by atoms with E-state index in [1.165, 1.54) is 0 Å². The fourth-order valence-electron chi connectivity index (χ4n) is 1.62. The third kappa shape index (κ3) is 7.58. The SMILES string of the molecule is CCC(C)C(NC(=O)CNC(=O)C(N)CCC(=O)O)C(=O)O. The first-order valence-corrected chi connectivity index (χ1v) is 6.96. The van der Waals surface area contributed by atoms with E-state index in [9.17, 15) is 19.2 Å². The summed E-state index contributed by atoms with van der Waals surface area (Å²) in [5.74, 6) is -3.78. The first-order valence-electron chi connectivity index (χ1n) is 6.96. The summed E-state index contributed by atoms with van der Waals surface area (Å²) in [5, 5.41) is 22.1. The molecule has 0 aromatic rings. The van der Waals surface area contributed by atoms with Crippen molar-refractivity contribution in [3.8, 4) is 0 Å². The third-order valence-electron chi connectivity index (χ3n) is 3.22. The molecule has 0 aromatic heterocycles. The quantitative estimate of drug-likeness (QED) is 0.342. The van der Waals surface area contributed by atoms with Gasteiger partial charge in [-0.2, -0.15) is 0 Å². The van der Waals surface area contributed by atoms with Crippen LogP contribution >= 0.6 is 0 Å². The van der Waals surface area contributed by atoms with Crippen LogP contribution < -0.4 is 16.4 Å². The van der Waals surface area contributed by atoms with Crippen LogP contribution in [0, 0.1) is 5.92 Å². The lowest BCUT2D eigenvalue weighted by Crippen LogP contribution is -2.50. The van der Waals surface area contributed by atoms with Crippen molar-refractivity contribution in [1.29, 1.82) is 0 Å². The lowest BCUT2D eigenvalue weighted by Gasteiger charge is -2.20. The first kappa shape index (κ1) is 19.8. The van der Waals surface area contributed by atoms with Crippen molar-refractivity contribution >= 4 is 23.8 Å². The topological polar surface area (TPSA) is 159 Å². The average Bonchev–Trinajstić information content (AvgIpc) is 2.46. The minimum absolute atomic E-state index is 0.0482. The Morgan fingerprint density at radius 2 is 1.77 bits per heavy atom. The van der Waals surface area contributed by atoms with Crippen LogP contribution in [0.4, 0.5) is 0 Å². The number of carboxylic acid groups (broad SMARTS) is 2. The minimum Gasteiger partial charge on any atom is -0.481 e. The Kier molecular flexibility index (Phi) is 8.76. The third-order valence-corrected chi connectivity index (χ3v) is 3.22. The molecular formula is C13H23N3O6. The summed E-state index contributed by atoms with van der Waals surface area (Å²) in [6.45, 7) is 3.08. The Balaban J connectivity index is 4.29. The summed E-state index contributed by atoms with van der Waals surface area (Å²) in [7, 11) is 0. The molecule has 0 radical (unpaired) electrons. The van der Waals surface area contributed by atoms with Gasteiger partial charge in [-0.1, -0.05) is 20.3 Å². The van der Waals surface area contributed by atoms with Gasteiger partial charge in [0, 0.05) is 6.42 Å². The molecule has 0 fully saturated rings. The fourth-order valence-corrected chi connectivity index (χ4v) is 1.62. The highest BCUT2D eigenvalue weighted by Gasteiger charge is 2.25. The number of aliphatic carboxylic acids is 2. The summed E-state index contributed by atoms with van der Waals surface area (Å²) >= 11 is 0. The standard InChI is InChI=1S/C13H23N3O6/c1-3-7(2)11(13(21)22)16-9(17)6-15-12(20)8(14)4-5-10(18)19/h7-8,11H,3-6,14H2,1-2H3,(H,15,20)(H,16,17)(H,18,19)(H,21,22). The van der Waals surface area contributed by atoms with Crippen LogP contribution in [0.3, 0.4) is 0 Å². The molecule has 0 aliphatic heterocycles. The molecule has 126 valence electrons. The van der Waals surface area contributed by atoms with Crippen LogP contribution in [-0.2, 0) is 19.2 Å². The lowest BCUT2D eigenvalue weighted by molar-refractivity contribution is -0.143. The Morgan fingerprint density at radius 1 is 1.18 bits per heavy atom. The average molecular weight is 317 g/mol. The van der Waals surface area contributed by atoms with Crippen molar-refractivity contribution in [2.75, 3.05) is 6.54 Å². The highest BCUT2D eigenvalue weighted by atomic mass is 16.4. The number of carbonyl (C=O) groups excluding carboxylic acids is 2. The van der Waals surface area contributed by atoms with Crippen LogP contribution in [-0.4, -0.2) is 52.6 Å². The zero-order chi connectivity index (χ0) is 17.3. The maximum atomic E-state index is 11.6. The molecule has 0 bridgehead atoms. The molecule has 0 saturated heterocycles. The zero-order valence-corrected chi connectivity index (χ0v) is 12.7. The van der Waals surface area contributed by atoms with E-state index in [0.29, 0.717) is 6.42 Å². The Bertz CT molecular complexity index is 426. The highest BCUT2D eigenvalue weighted by molar-refractivity contribution is 5.89. The van der Waals surface area contributed by atoms with Gasteiger partial charge in [-0.25, -0.2) is 4.79 Å². The summed E-state index contributed by atoms with van der Waals surface area (Å²) in [5.41, 5.74) is 5.47. The van der Waals surface area contributed by atoms with Crippen LogP contribution in [0.1, 0.15) is 33.1 Å². The summed E-state index contributed by atoms with van der Waals surface area (Å²) in [4.78, 5) is 44.6. The molecule has 0 spiro atoms. The molecule has 9 heteroatoms. The van der Waals surface area contributed by atoms with Gasteiger partial charge >= 0.3 is 11.9 Å². The second kappa shape index (κ2) is 9.72. The molecule has 9 nitrogen and oxygen atoms in total. The van der Waals surface area contributed by atoms with Crippen molar-refractivity contribution in [2.24, 2.45) is 11.7 Å². The van der Waals surface area contributed by atoms with Gasteiger partial charge in [0.1, 0.15) is 6.04 Å². The van der Waals surface area contributed by atoms with Crippen LogP contribution in [0.25, 0.3) is 0 Å². The van der Waals surface area contributed by atoms with E-state index >= 15 is 0 Å². The highest BCUT2D eigenvalue weighted by Crippen LogP contribution is 2.07. The van der Waals surface area contributed by atoms with Crippen molar-refractivity contribution in [2.45, 2.75) is 45.2 Å². The molecule has 0 aliphatic carbocycles. The van der Waals surface area contributed by atoms with E-state index in [4.69, 9.17) is 15.9 Å². The smallest absolute Gasteiger partial charge is 0.326 e. The van der Waals surface area contributed by atoms with E-state index in [1.807, 2.05) is 0 Å². The number of carbonyl (C=O) groups is 4. The predicted molar refractivity (Wildman–Crippen MR) is 76.9 cm³/mol. The second-order valence-corrected chi connectivity index (χ2v) is 5.03. The number of carboxylic acids is 2. The summed E-state index contributed by atoms with van der Waals surface area (Å²) < 4.78 is 0. The van der Waals surface area contributed by atoms with Crippen LogP contribution in [0.2, 0.25) is 0 Å². The number of rotatable bonds is 10. The van der Waals surface area contributed by atoms with E-state index < -0.39 is 42.4 Å². The predicted octanol–water partition coefficient (Wildman–Crippen LogP) is -1.09. The van der Waals surface area contributed by atoms with Gasteiger partial charge in [-0.15, -0.1) is 0 Å². The number of hydrogen-bond donors (Lipinski definition) is 5. The van der Waals surface area contributed by atoms with Gasteiger partial charge in [-0.05, 0) is 12.3 Å². The molecule has 0 aliphatic rings. The molecule has 0 aromatic carbocycles. The molecule has 2 amide bonds. The van der Waals surface area contributed by atoms with Gasteiger partial charge in [0.15, 0.2) is 0 Å². The Morgan fingerprint density at radius 3 is 2.23 bits per heavy atom. The fraction of sp³-hybridized carbons (Fsp3) is 0.692. The monoisotopic (exact) mass is 317 g/mol.